The van der Waals surface area contributed by atoms with Crippen molar-refractivity contribution < 1.29 is 19.4 Å². The topological polar surface area (TPSA) is 82.1 Å². The number of methoxy groups -OCH3 is 1. The molecular weight excluding hydrogens is 370 g/mol. The van der Waals surface area contributed by atoms with Crippen molar-refractivity contribution in [3.8, 4) is 0 Å². The Morgan fingerprint density at radius 1 is 1.14 bits per heavy atom. The number of aliphatic hydroxyl groups is 1. The van der Waals surface area contributed by atoms with E-state index in [4.69, 9.17) is 0 Å². The number of likely N-dealkylation sites (tertiary alicyclic amines) is 1. The maximum Gasteiger partial charge on any atom is 0.411 e. The summed E-state index contributed by atoms with van der Waals surface area (Å²) in [4.78, 5) is 29.2. The third-order valence-electron chi connectivity index (χ3n) is 6.89. The van der Waals surface area contributed by atoms with Gasteiger partial charge in [0.25, 0.3) is 0 Å². The lowest BCUT2D eigenvalue weighted by atomic mass is 9.78. The molecule has 1 unspecified atom stereocenters. The molecule has 2 heterocycles. The Kier molecular flexibility index (Phi) is 5.67. The highest BCUT2D eigenvalue weighted by molar-refractivity contribution is 5.86. The lowest BCUT2D eigenvalue weighted by Gasteiger charge is -2.41. The molecule has 7 heteroatoms. The normalized spacial score (nSPS) is 29.9. The van der Waals surface area contributed by atoms with Crippen LogP contribution in [0.25, 0.3) is 0 Å². The van der Waals surface area contributed by atoms with E-state index >= 15 is 0 Å². The zero-order chi connectivity index (χ0) is 20.4. The molecule has 2 aliphatic heterocycles. The minimum Gasteiger partial charge on any atom is -0.453 e. The minimum atomic E-state index is -0.485. The molecule has 1 aliphatic carbocycles. The fraction of sp³-hybridized carbons (Fsp3) is 0.636. The molecule has 0 bridgehead atoms. The molecule has 1 atom stereocenters. The summed E-state index contributed by atoms with van der Waals surface area (Å²) in [5.41, 5.74) is 1.48. The highest BCUT2D eigenvalue weighted by Crippen LogP contribution is 2.43. The SMILES string of the molecule is COC(=O)Nc1ccc(N2CCCC3(CCN(C4CCC(O)CC4)C3=O)C2)cc1. The molecule has 1 aromatic carbocycles. The number of amides is 2. The summed E-state index contributed by atoms with van der Waals surface area (Å²) in [6.45, 7) is 2.53. The highest BCUT2D eigenvalue weighted by Gasteiger charge is 2.50. The van der Waals surface area contributed by atoms with Crippen LogP contribution in [0.4, 0.5) is 16.2 Å². The summed E-state index contributed by atoms with van der Waals surface area (Å²) in [6, 6.07) is 8.01. The number of rotatable bonds is 3. The van der Waals surface area contributed by atoms with Crippen molar-refractivity contribution in [1.29, 1.82) is 0 Å². The molecular formula is C22H31N3O4. The Morgan fingerprint density at radius 2 is 1.86 bits per heavy atom. The number of carbonyl (C=O) groups excluding carboxylic acids is 2. The van der Waals surface area contributed by atoms with Crippen LogP contribution in [0.3, 0.4) is 0 Å². The summed E-state index contributed by atoms with van der Waals surface area (Å²) in [5.74, 6) is 0.313. The van der Waals surface area contributed by atoms with Crippen molar-refractivity contribution in [3.63, 3.8) is 0 Å². The van der Waals surface area contributed by atoms with Gasteiger partial charge in [-0.3, -0.25) is 10.1 Å². The van der Waals surface area contributed by atoms with E-state index in [0.717, 1.165) is 70.3 Å². The van der Waals surface area contributed by atoms with Gasteiger partial charge in [-0.05, 0) is 69.2 Å². The fourth-order valence-corrected chi connectivity index (χ4v) is 5.22. The molecule has 1 aromatic rings. The molecule has 1 saturated carbocycles. The summed E-state index contributed by atoms with van der Waals surface area (Å²) >= 11 is 0. The molecule has 2 N–H and O–H groups in total. The smallest absolute Gasteiger partial charge is 0.411 e. The van der Waals surface area contributed by atoms with E-state index in [2.05, 4.69) is 19.9 Å². The number of piperidine rings is 1. The maximum absolute atomic E-state index is 13.4. The first-order valence-electron chi connectivity index (χ1n) is 10.7. The van der Waals surface area contributed by atoms with Gasteiger partial charge in [0, 0.05) is 37.1 Å². The average Bonchev–Trinajstić information content (AvgIpc) is 3.04. The van der Waals surface area contributed by atoms with E-state index in [1.165, 1.54) is 7.11 Å². The molecule has 158 valence electrons. The summed E-state index contributed by atoms with van der Waals surface area (Å²) < 4.78 is 4.63. The second-order valence-corrected chi connectivity index (χ2v) is 8.68. The number of hydrogen-bond donors (Lipinski definition) is 2. The zero-order valence-corrected chi connectivity index (χ0v) is 17.1. The van der Waals surface area contributed by atoms with Crippen LogP contribution in [0.2, 0.25) is 0 Å². The number of nitrogens with one attached hydrogen (secondary N) is 1. The van der Waals surface area contributed by atoms with Crippen LogP contribution in [0, 0.1) is 5.41 Å². The van der Waals surface area contributed by atoms with E-state index in [-0.39, 0.29) is 11.5 Å². The lowest BCUT2D eigenvalue weighted by molar-refractivity contribution is -0.139. The van der Waals surface area contributed by atoms with Gasteiger partial charge in [-0.15, -0.1) is 0 Å². The molecule has 2 amide bonds. The minimum absolute atomic E-state index is 0.195. The van der Waals surface area contributed by atoms with Crippen molar-refractivity contribution in [1.82, 2.24) is 4.90 Å². The highest BCUT2D eigenvalue weighted by atomic mass is 16.5. The quantitative estimate of drug-likeness (QED) is 0.814. The summed E-state index contributed by atoms with van der Waals surface area (Å²) in [6.07, 6.45) is 5.65. The zero-order valence-electron chi connectivity index (χ0n) is 17.1. The monoisotopic (exact) mass is 401 g/mol. The van der Waals surface area contributed by atoms with Gasteiger partial charge in [-0.25, -0.2) is 4.79 Å². The van der Waals surface area contributed by atoms with Gasteiger partial charge in [0.2, 0.25) is 5.91 Å². The molecule has 0 radical (unpaired) electrons. The molecule has 3 fully saturated rings. The summed E-state index contributed by atoms with van der Waals surface area (Å²) in [5, 5.41) is 12.4. The largest absolute Gasteiger partial charge is 0.453 e. The molecule has 2 saturated heterocycles. The van der Waals surface area contributed by atoms with E-state index < -0.39 is 6.09 Å². The van der Waals surface area contributed by atoms with Gasteiger partial charge in [-0.1, -0.05) is 0 Å². The molecule has 29 heavy (non-hydrogen) atoms. The Labute approximate surface area is 172 Å². The molecule has 0 aromatic heterocycles. The number of ether oxygens (including phenoxy) is 1. The number of carbonyl (C=O) groups is 2. The van der Waals surface area contributed by atoms with Crippen LogP contribution in [0.15, 0.2) is 24.3 Å². The van der Waals surface area contributed by atoms with E-state index in [1.54, 1.807) is 0 Å². The van der Waals surface area contributed by atoms with E-state index in [0.29, 0.717) is 17.6 Å². The predicted octanol–water partition coefficient (Wildman–Crippen LogP) is 2.99. The Balaban J connectivity index is 1.43. The van der Waals surface area contributed by atoms with Gasteiger partial charge >= 0.3 is 6.09 Å². The first-order chi connectivity index (χ1) is 14.0. The molecule has 1 spiro atoms. The first kappa shape index (κ1) is 20.0. The van der Waals surface area contributed by atoms with Gasteiger partial charge in [-0.2, -0.15) is 0 Å². The average molecular weight is 402 g/mol. The second-order valence-electron chi connectivity index (χ2n) is 8.68. The third-order valence-corrected chi connectivity index (χ3v) is 6.89. The van der Waals surface area contributed by atoms with Gasteiger partial charge in [0.05, 0.1) is 18.6 Å². The second kappa shape index (κ2) is 8.22. The van der Waals surface area contributed by atoms with Crippen molar-refractivity contribution >= 4 is 23.4 Å². The van der Waals surface area contributed by atoms with Crippen LogP contribution < -0.4 is 10.2 Å². The number of benzene rings is 1. The molecule has 3 aliphatic rings. The number of hydrogen-bond acceptors (Lipinski definition) is 5. The maximum atomic E-state index is 13.4. The van der Waals surface area contributed by atoms with Gasteiger partial charge < -0.3 is 19.6 Å². The fourth-order valence-electron chi connectivity index (χ4n) is 5.22. The van der Waals surface area contributed by atoms with Crippen LogP contribution in [0.1, 0.15) is 44.9 Å². The van der Waals surface area contributed by atoms with Crippen LogP contribution in [-0.2, 0) is 9.53 Å². The Morgan fingerprint density at radius 3 is 2.55 bits per heavy atom. The third kappa shape index (κ3) is 4.06. The van der Waals surface area contributed by atoms with Crippen molar-refractivity contribution in [3.05, 3.63) is 24.3 Å². The van der Waals surface area contributed by atoms with Crippen molar-refractivity contribution in [2.45, 2.75) is 57.1 Å². The first-order valence-corrected chi connectivity index (χ1v) is 10.7. The van der Waals surface area contributed by atoms with Crippen molar-refractivity contribution in [2.75, 3.05) is 37.0 Å². The molecule has 7 nitrogen and oxygen atoms in total. The number of nitrogens with zero attached hydrogens (tertiary/aromatic N) is 2. The van der Waals surface area contributed by atoms with Gasteiger partial charge in [0.15, 0.2) is 0 Å². The Hall–Kier alpha value is -2.28. The van der Waals surface area contributed by atoms with Crippen molar-refractivity contribution in [2.24, 2.45) is 5.41 Å². The predicted molar refractivity (Wildman–Crippen MR) is 111 cm³/mol. The van der Waals surface area contributed by atoms with E-state index in [1.807, 2.05) is 24.3 Å². The summed E-state index contributed by atoms with van der Waals surface area (Å²) in [7, 11) is 1.34. The van der Waals surface area contributed by atoms with Crippen LogP contribution in [-0.4, -0.2) is 60.9 Å². The van der Waals surface area contributed by atoms with E-state index in [9.17, 15) is 14.7 Å². The van der Waals surface area contributed by atoms with Crippen LogP contribution >= 0.6 is 0 Å². The number of anilines is 2. The van der Waals surface area contributed by atoms with Crippen LogP contribution in [0.5, 0.6) is 0 Å². The lowest BCUT2D eigenvalue weighted by Crippen LogP contribution is -2.50. The Bertz CT molecular complexity index is 745. The van der Waals surface area contributed by atoms with Gasteiger partial charge in [0.1, 0.15) is 0 Å². The standard InChI is InChI=1S/C22H31N3O4/c1-29-21(28)23-16-3-5-17(6-4-16)24-13-2-11-22(15-24)12-14-25(20(22)27)18-7-9-19(26)10-8-18/h3-6,18-19,26H,2,7-15H2,1H3,(H,23,28). The number of aliphatic hydroxyl groups excluding tert-OH is 1. The molecule has 4 rings (SSSR count).